The predicted molar refractivity (Wildman–Crippen MR) is 100 cm³/mol. The number of ketones is 1. The third kappa shape index (κ3) is 2.86. The van der Waals surface area contributed by atoms with Crippen LogP contribution in [0.1, 0.15) is 62.0 Å². The number of hydrazone groups is 1. The highest BCUT2D eigenvalue weighted by atomic mass is 16.1. The van der Waals surface area contributed by atoms with E-state index >= 15 is 0 Å². The molecule has 0 saturated heterocycles. The summed E-state index contributed by atoms with van der Waals surface area (Å²) in [6.07, 6.45) is 8.54. The maximum Gasteiger partial charge on any atom is 0.166 e. The summed E-state index contributed by atoms with van der Waals surface area (Å²) in [7, 11) is 1.76. The minimum absolute atomic E-state index is 0.0968. The molecule has 1 aromatic carbocycles. The quantitative estimate of drug-likeness (QED) is 0.519. The summed E-state index contributed by atoms with van der Waals surface area (Å²) >= 11 is 0. The summed E-state index contributed by atoms with van der Waals surface area (Å²) in [6.45, 7) is 8.23. The second-order valence-corrected chi connectivity index (χ2v) is 6.77. The van der Waals surface area contributed by atoms with E-state index in [1.165, 1.54) is 0 Å². The lowest BCUT2D eigenvalue weighted by atomic mass is 9.56. The first-order valence-corrected chi connectivity index (χ1v) is 8.91. The van der Waals surface area contributed by atoms with Gasteiger partial charge in [0, 0.05) is 23.9 Å². The number of nitrogens with zero attached hydrogens (tertiary/aromatic N) is 1. The van der Waals surface area contributed by atoms with Crippen LogP contribution in [0.4, 0.5) is 0 Å². The summed E-state index contributed by atoms with van der Waals surface area (Å²) in [5.41, 5.74) is 6.54. The van der Waals surface area contributed by atoms with Crippen LogP contribution in [0.25, 0.3) is 0 Å². The Balaban J connectivity index is 0.00000100. The fourth-order valence-corrected chi connectivity index (χ4v) is 4.05. The molecule has 1 fully saturated rings. The van der Waals surface area contributed by atoms with Gasteiger partial charge in [-0.3, -0.25) is 4.79 Å². The van der Waals surface area contributed by atoms with Crippen molar-refractivity contribution in [3.8, 4) is 12.3 Å². The molecule has 0 radical (unpaired) electrons. The van der Waals surface area contributed by atoms with Crippen molar-refractivity contribution in [2.75, 3.05) is 7.05 Å². The van der Waals surface area contributed by atoms with Gasteiger partial charge < -0.3 is 5.43 Å². The number of rotatable bonds is 3. The molecule has 1 aromatic rings. The van der Waals surface area contributed by atoms with Gasteiger partial charge in [-0.15, -0.1) is 6.42 Å². The van der Waals surface area contributed by atoms with Crippen molar-refractivity contribution in [3.05, 3.63) is 34.9 Å². The molecule has 1 atom stereocenters. The first kappa shape index (κ1) is 18.3. The van der Waals surface area contributed by atoms with E-state index in [1.54, 1.807) is 7.05 Å². The monoisotopic (exact) mass is 324 g/mol. The van der Waals surface area contributed by atoms with Gasteiger partial charge in [-0.2, -0.15) is 5.10 Å². The normalized spacial score (nSPS) is 28.2. The highest BCUT2D eigenvalue weighted by Crippen LogP contribution is 2.49. The number of carbonyl (C=O) groups is 1. The first-order valence-electron chi connectivity index (χ1n) is 8.91. The molecule has 0 aliphatic heterocycles. The average molecular weight is 324 g/mol. The molecule has 0 spiro atoms. The van der Waals surface area contributed by atoms with Crippen molar-refractivity contribution in [1.29, 1.82) is 0 Å². The van der Waals surface area contributed by atoms with Gasteiger partial charge in [-0.1, -0.05) is 45.7 Å². The van der Waals surface area contributed by atoms with Crippen molar-refractivity contribution in [1.82, 2.24) is 5.43 Å². The predicted octanol–water partition coefficient (Wildman–Crippen LogP) is 3.96. The molecule has 3 rings (SSSR count). The fraction of sp³-hybridized carbons (Fsp3) is 0.524. The molecule has 0 heterocycles. The molecule has 0 aromatic heterocycles. The summed E-state index contributed by atoms with van der Waals surface area (Å²) in [4.78, 5) is 12.3. The number of carbonyl (C=O) groups excluding carboxylic acids is 1. The van der Waals surface area contributed by atoms with Crippen LogP contribution in [0.3, 0.4) is 0 Å². The molecule has 128 valence electrons. The summed E-state index contributed by atoms with van der Waals surface area (Å²) < 4.78 is 0. The van der Waals surface area contributed by atoms with Crippen LogP contribution in [-0.4, -0.2) is 18.5 Å². The lowest BCUT2D eigenvalue weighted by Gasteiger charge is -2.46. The second kappa shape index (κ2) is 7.21. The Morgan fingerprint density at radius 2 is 2.00 bits per heavy atom. The number of nitrogens with one attached hydrogen (secondary N) is 1. The van der Waals surface area contributed by atoms with Gasteiger partial charge >= 0.3 is 0 Å². The fourth-order valence-electron chi connectivity index (χ4n) is 4.05. The van der Waals surface area contributed by atoms with E-state index in [0.717, 1.165) is 41.7 Å². The molecule has 2 aliphatic carbocycles. The molecule has 0 amide bonds. The third-order valence-electron chi connectivity index (χ3n) is 5.11. The van der Waals surface area contributed by atoms with Crippen molar-refractivity contribution >= 4 is 11.5 Å². The van der Waals surface area contributed by atoms with Crippen LogP contribution in [0.2, 0.25) is 0 Å². The number of benzene rings is 1. The number of hydrogen-bond acceptors (Lipinski definition) is 3. The zero-order valence-electron chi connectivity index (χ0n) is 15.4. The zero-order chi connectivity index (χ0) is 17.9. The molecule has 3 heteroatoms. The summed E-state index contributed by atoms with van der Waals surface area (Å²) in [6, 6.07) is 6.30. The Morgan fingerprint density at radius 1 is 1.33 bits per heavy atom. The number of hydrogen-bond donors (Lipinski definition) is 1. The topological polar surface area (TPSA) is 41.5 Å². The number of terminal acetylenes is 1. The van der Waals surface area contributed by atoms with Gasteiger partial charge in [0.25, 0.3) is 0 Å². The molecule has 3 nitrogen and oxygen atoms in total. The molecular weight excluding hydrogens is 296 g/mol. The van der Waals surface area contributed by atoms with Crippen molar-refractivity contribution < 1.29 is 4.79 Å². The second-order valence-electron chi connectivity index (χ2n) is 6.77. The molecule has 2 aliphatic rings. The van der Waals surface area contributed by atoms with Gasteiger partial charge in [0.1, 0.15) is 5.71 Å². The van der Waals surface area contributed by atoms with Crippen LogP contribution < -0.4 is 5.43 Å². The maximum atomic E-state index is 12.3. The van der Waals surface area contributed by atoms with E-state index in [-0.39, 0.29) is 17.1 Å². The van der Waals surface area contributed by atoms with E-state index in [4.69, 9.17) is 6.42 Å². The molecule has 1 saturated carbocycles. The van der Waals surface area contributed by atoms with Crippen molar-refractivity contribution in [2.24, 2.45) is 16.9 Å². The molecule has 0 bridgehead atoms. The van der Waals surface area contributed by atoms with E-state index in [1.807, 2.05) is 20.8 Å². The van der Waals surface area contributed by atoms with E-state index in [2.05, 4.69) is 41.6 Å². The SMILES string of the molecule is C#C/C(=N\NC)C1(c2ccc3c(c2)C(=O)C(C)C3)CC(C)C1.CC. The lowest BCUT2D eigenvalue weighted by molar-refractivity contribution is 0.0946. The lowest BCUT2D eigenvalue weighted by Crippen LogP contribution is -2.47. The van der Waals surface area contributed by atoms with Gasteiger partial charge in [0.2, 0.25) is 0 Å². The highest BCUT2D eigenvalue weighted by Gasteiger charge is 2.48. The molecule has 1 N–H and O–H groups in total. The van der Waals surface area contributed by atoms with Crippen LogP contribution >= 0.6 is 0 Å². The maximum absolute atomic E-state index is 12.3. The van der Waals surface area contributed by atoms with E-state index in [9.17, 15) is 4.79 Å². The van der Waals surface area contributed by atoms with Crippen molar-refractivity contribution in [2.45, 2.75) is 52.4 Å². The smallest absolute Gasteiger partial charge is 0.166 e. The van der Waals surface area contributed by atoms with Crippen LogP contribution in [0, 0.1) is 24.2 Å². The van der Waals surface area contributed by atoms with Crippen LogP contribution in [0.5, 0.6) is 0 Å². The highest BCUT2D eigenvalue weighted by molar-refractivity contribution is 6.09. The van der Waals surface area contributed by atoms with Crippen LogP contribution in [0.15, 0.2) is 23.3 Å². The Labute approximate surface area is 145 Å². The van der Waals surface area contributed by atoms with E-state index < -0.39 is 0 Å². The standard InChI is InChI=1S/C19H22N2O.C2H6/c1-5-17(21-20-4)19(10-12(2)11-19)15-7-6-14-8-13(3)18(22)16(14)9-15;1-2/h1,6-7,9,12-13,20H,8,10-11H2,2-4H3;1-2H3/b21-17+;. The minimum atomic E-state index is -0.210. The first-order chi connectivity index (χ1) is 11.5. The zero-order valence-corrected chi connectivity index (χ0v) is 15.4. The molecular formula is C21H28N2O. The van der Waals surface area contributed by atoms with Gasteiger partial charge in [0.05, 0.1) is 0 Å². The van der Waals surface area contributed by atoms with Gasteiger partial charge in [-0.05, 0) is 42.4 Å². The van der Waals surface area contributed by atoms with Gasteiger partial charge in [0.15, 0.2) is 5.78 Å². The largest absolute Gasteiger partial charge is 0.312 e. The van der Waals surface area contributed by atoms with E-state index in [0.29, 0.717) is 5.92 Å². The summed E-state index contributed by atoms with van der Waals surface area (Å²) in [5.74, 6) is 3.73. The van der Waals surface area contributed by atoms with Crippen LogP contribution in [-0.2, 0) is 11.8 Å². The Kier molecular flexibility index (Phi) is 5.49. The Bertz CT molecular complexity index is 690. The Hall–Kier alpha value is -2.08. The average Bonchev–Trinajstić information content (AvgIpc) is 2.86. The minimum Gasteiger partial charge on any atom is -0.312 e. The van der Waals surface area contributed by atoms with Crippen molar-refractivity contribution in [3.63, 3.8) is 0 Å². The molecule has 24 heavy (non-hydrogen) atoms. The number of Topliss-reactive ketones (excluding diaryl/α,β-unsaturated/α-hetero) is 1. The molecule has 1 unspecified atom stereocenters. The van der Waals surface area contributed by atoms with Gasteiger partial charge in [-0.25, -0.2) is 0 Å². The summed E-state index contributed by atoms with van der Waals surface area (Å²) in [5, 5.41) is 4.32. The third-order valence-corrected chi connectivity index (χ3v) is 5.11. The number of fused-ring (bicyclic) bond motifs is 1. The Morgan fingerprint density at radius 3 is 2.54 bits per heavy atom.